The molecular weight excluding hydrogens is 254 g/mol. The molecule has 0 aliphatic carbocycles. The first-order valence-electron chi connectivity index (χ1n) is 5.52. The van der Waals surface area contributed by atoms with Crippen LogP contribution in [0.25, 0.3) is 0 Å². The van der Waals surface area contributed by atoms with Gasteiger partial charge in [-0.2, -0.15) is 0 Å². The highest BCUT2D eigenvalue weighted by atomic mass is 35.5. The zero-order valence-electron chi connectivity index (χ0n) is 9.80. The van der Waals surface area contributed by atoms with Crippen LogP contribution in [0.4, 0.5) is 0 Å². The first kappa shape index (κ1) is 12.6. The van der Waals surface area contributed by atoms with Gasteiger partial charge in [-0.1, -0.05) is 41.9 Å². The summed E-state index contributed by atoms with van der Waals surface area (Å²) in [5.74, 6) is -1.06. The number of carbonyl (C=O) groups is 1. The molecule has 6 heteroatoms. The predicted octanol–water partition coefficient (Wildman–Crippen LogP) is 2.24. The lowest BCUT2D eigenvalue weighted by Crippen LogP contribution is -2.08. The van der Waals surface area contributed by atoms with Gasteiger partial charge in [0.2, 0.25) is 0 Å². The minimum Gasteiger partial charge on any atom is -0.476 e. The van der Waals surface area contributed by atoms with E-state index in [0.717, 1.165) is 5.56 Å². The summed E-state index contributed by atoms with van der Waals surface area (Å²) in [4.78, 5) is 11.0. The smallest absolute Gasteiger partial charge is 0.358 e. The topological polar surface area (TPSA) is 68.0 Å². The summed E-state index contributed by atoms with van der Waals surface area (Å²) in [6.45, 7) is 2.29. The van der Waals surface area contributed by atoms with Crippen LogP contribution in [0.1, 0.15) is 28.7 Å². The zero-order chi connectivity index (χ0) is 13.1. The Morgan fingerprint density at radius 2 is 2.17 bits per heavy atom. The maximum absolute atomic E-state index is 11.0. The highest BCUT2D eigenvalue weighted by Gasteiger charge is 2.17. The Labute approximate surface area is 109 Å². The molecule has 5 nitrogen and oxygen atoms in total. The van der Waals surface area contributed by atoms with E-state index in [0.29, 0.717) is 23.7 Å². The Bertz CT molecular complexity index is 580. The second-order valence-corrected chi connectivity index (χ2v) is 4.20. The number of carboxylic acids is 1. The maximum atomic E-state index is 11.0. The van der Waals surface area contributed by atoms with Crippen molar-refractivity contribution in [3.05, 3.63) is 46.2 Å². The van der Waals surface area contributed by atoms with Gasteiger partial charge < -0.3 is 5.11 Å². The van der Waals surface area contributed by atoms with Crippen LogP contribution in [0.3, 0.4) is 0 Å². The van der Waals surface area contributed by atoms with Crippen molar-refractivity contribution in [2.75, 3.05) is 0 Å². The van der Waals surface area contributed by atoms with E-state index < -0.39 is 5.97 Å². The monoisotopic (exact) mass is 265 g/mol. The molecule has 0 aliphatic heterocycles. The fourth-order valence-electron chi connectivity index (χ4n) is 1.76. The summed E-state index contributed by atoms with van der Waals surface area (Å²) in [6.07, 6.45) is 0.555. The molecule has 1 aromatic heterocycles. The second-order valence-electron chi connectivity index (χ2n) is 3.79. The standard InChI is InChI=1S/C12H12ClN3O2/c1-2-10-11(12(17)18)14-15-16(10)7-8-5-3-4-6-9(8)13/h3-6H,2,7H2,1H3,(H,17,18). The summed E-state index contributed by atoms with van der Waals surface area (Å²) >= 11 is 6.06. The normalized spacial score (nSPS) is 10.6. The second kappa shape index (κ2) is 5.18. The highest BCUT2D eigenvalue weighted by Crippen LogP contribution is 2.17. The number of hydrogen-bond donors (Lipinski definition) is 1. The van der Waals surface area contributed by atoms with E-state index in [-0.39, 0.29) is 5.69 Å². The third-order valence-corrected chi connectivity index (χ3v) is 3.02. The number of halogens is 1. The lowest BCUT2D eigenvalue weighted by Gasteiger charge is -2.06. The average Bonchev–Trinajstić information content (AvgIpc) is 2.75. The Hall–Kier alpha value is -1.88. The van der Waals surface area contributed by atoms with Gasteiger partial charge in [-0.05, 0) is 18.1 Å². The zero-order valence-corrected chi connectivity index (χ0v) is 10.6. The van der Waals surface area contributed by atoms with Gasteiger partial charge in [-0.3, -0.25) is 0 Å². The first-order chi connectivity index (χ1) is 8.63. The van der Waals surface area contributed by atoms with E-state index in [4.69, 9.17) is 16.7 Å². The summed E-state index contributed by atoms with van der Waals surface area (Å²) in [7, 11) is 0. The fraction of sp³-hybridized carbons (Fsp3) is 0.250. The van der Waals surface area contributed by atoms with Gasteiger partial charge in [0.1, 0.15) is 0 Å². The molecule has 1 heterocycles. The van der Waals surface area contributed by atoms with Crippen LogP contribution in [-0.4, -0.2) is 26.1 Å². The van der Waals surface area contributed by atoms with Gasteiger partial charge in [0.15, 0.2) is 5.69 Å². The minimum absolute atomic E-state index is 0.00422. The van der Waals surface area contributed by atoms with E-state index in [1.807, 2.05) is 25.1 Å². The molecule has 0 saturated heterocycles. The molecule has 0 aliphatic rings. The lowest BCUT2D eigenvalue weighted by atomic mass is 10.2. The number of benzene rings is 1. The lowest BCUT2D eigenvalue weighted by molar-refractivity contribution is 0.0689. The molecule has 94 valence electrons. The van der Waals surface area contributed by atoms with Crippen LogP contribution >= 0.6 is 11.6 Å². The minimum atomic E-state index is -1.06. The summed E-state index contributed by atoms with van der Waals surface area (Å²) < 4.78 is 1.57. The largest absolute Gasteiger partial charge is 0.476 e. The Morgan fingerprint density at radius 1 is 1.44 bits per heavy atom. The van der Waals surface area contributed by atoms with Gasteiger partial charge >= 0.3 is 5.97 Å². The highest BCUT2D eigenvalue weighted by molar-refractivity contribution is 6.31. The van der Waals surface area contributed by atoms with Crippen molar-refractivity contribution >= 4 is 17.6 Å². The quantitative estimate of drug-likeness (QED) is 0.921. The predicted molar refractivity (Wildman–Crippen MR) is 66.9 cm³/mol. The number of carboxylic acid groups (broad SMARTS) is 1. The molecular formula is C12H12ClN3O2. The Kier molecular flexibility index (Phi) is 3.62. The van der Waals surface area contributed by atoms with Gasteiger partial charge in [-0.15, -0.1) is 5.10 Å². The fourth-order valence-corrected chi connectivity index (χ4v) is 1.96. The summed E-state index contributed by atoms with van der Waals surface area (Å²) in [6, 6.07) is 7.39. The van der Waals surface area contributed by atoms with Crippen LogP contribution < -0.4 is 0 Å². The average molecular weight is 266 g/mol. The number of hydrogen-bond acceptors (Lipinski definition) is 3. The molecule has 0 amide bonds. The van der Waals surface area contributed by atoms with Crippen molar-refractivity contribution in [3.8, 4) is 0 Å². The molecule has 0 unspecified atom stereocenters. The molecule has 0 fully saturated rings. The van der Waals surface area contributed by atoms with E-state index in [2.05, 4.69) is 10.3 Å². The van der Waals surface area contributed by atoms with Crippen molar-refractivity contribution in [1.82, 2.24) is 15.0 Å². The molecule has 18 heavy (non-hydrogen) atoms. The number of aromatic carboxylic acids is 1. The third kappa shape index (κ3) is 2.36. The van der Waals surface area contributed by atoms with Crippen molar-refractivity contribution in [1.29, 1.82) is 0 Å². The molecule has 0 atom stereocenters. The summed E-state index contributed by atoms with van der Waals surface area (Å²) in [5.41, 5.74) is 1.49. The van der Waals surface area contributed by atoms with E-state index >= 15 is 0 Å². The van der Waals surface area contributed by atoms with E-state index in [1.54, 1.807) is 10.7 Å². The van der Waals surface area contributed by atoms with Gasteiger partial charge in [0.25, 0.3) is 0 Å². The Balaban J connectivity index is 2.35. The van der Waals surface area contributed by atoms with Crippen molar-refractivity contribution in [2.24, 2.45) is 0 Å². The van der Waals surface area contributed by atoms with Crippen LogP contribution in [0, 0.1) is 0 Å². The van der Waals surface area contributed by atoms with E-state index in [1.165, 1.54) is 0 Å². The molecule has 1 aromatic carbocycles. The van der Waals surface area contributed by atoms with Crippen molar-refractivity contribution in [2.45, 2.75) is 19.9 Å². The van der Waals surface area contributed by atoms with Crippen LogP contribution in [-0.2, 0) is 13.0 Å². The van der Waals surface area contributed by atoms with Crippen LogP contribution in [0.15, 0.2) is 24.3 Å². The molecule has 0 bridgehead atoms. The first-order valence-corrected chi connectivity index (χ1v) is 5.90. The third-order valence-electron chi connectivity index (χ3n) is 2.65. The van der Waals surface area contributed by atoms with Crippen molar-refractivity contribution in [3.63, 3.8) is 0 Å². The van der Waals surface area contributed by atoms with Crippen molar-refractivity contribution < 1.29 is 9.90 Å². The van der Waals surface area contributed by atoms with Gasteiger partial charge in [0.05, 0.1) is 12.2 Å². The Morgan fingerprint density at radius 3 is 2.78 bits per heavy atom. The van der Waals surface area contributed by atoms with Crippen LogP contribution in [0.2, 0.25) is 5.02 Å². The van der Waals surface area contributed by atoms with Gasteiger partial charge in [0, 0.05) is 5.02 Å². The SMILES string of the molecule is CCc1c(C(=O)O)nnn1Cc1ccccc1Cl. The molecule has 0 radical (unpaired) electrons. The summed E-state index contributed by atoms with van der Waals surface area (Å²) in [5, 5.41) is 17.2. The van der Waals surface area contributed by atoms with Crippen LogP contribution in [0.5, 0.6) is 0 Å². The van der Waals surface area contributed by atoms with Gasteiger partial charge in [-0.25, -0.2) is 9.48 Å². The molecule has 2 aromatic rings. The number of nitrogens with zero attached hydrogens (tertiary/aromatic N) is 3. The molecule has 2 rings (SSSR count). The van der Waals surface area contributed by atoms with E-state index in [9.17, 15) is 4.79 Å². The molecule has 0 spiro atoms. The number of rotatable bonds is 4. The molecule has 0 saturated carbocycles. The number of aromatic nitrogens is 3. The molecule has 1 N–H and O–H groups in total. The maximum Gasteiger partial charge on any atom is 0.358 e.